The summed E-state index contributed by atoms with van der Waals surface area (Å²) in [6.07, 6.45) is -0.824. The van der Waals surface area contributed by atoms with Crippen LogP contribution in [0.1, 0.15) is 5.56 Å². The van der Waals surface area contributed by atoms with Gasteiger partial charge in [0.15, 0.2) is 0 Å². The van der Waals surface area contributed by atoms with Gasteiger partial charge >= 0.3 is 0 Å². The average molecular weight is 270 g/mol. The summed E-state index contributed by atoms with van der Waals surface area (Å²) in [5, 5.41) is 21.0. The number of hydrogen-bond donors (Lipinski definition) is 3. The van der Waals surface area contributed by atoms with E-state index in [2.05, 4.69) is 10.3 Å². The molecule has 2 rings (SSSR count). The van der Waals surface area contributed by atoms with Crippen molar-refractivity contribution in [3.8, 4) is 0 Å². The number of aliphatic imine (C=N–C) groups is 1. The Balaban J connectivity index is 2.05. The van der Waals surface area contributed by atoms with E-state index < -0.39 is 6.10 Å². The van der Waals surface area contributed by atoms with E-state index in [1.54, 1.807) is 12.1 Å². The van der Waals surface area contributed by atoms with Crippen molar-refractivity contribution in [2.24, 2.45) is 4.99 Å². The first-order valence-electron chi connectivity index (χ1n) is 5.70. The lowest BCUT2D eigenvalue weighted by atomic mass is 10.2. The molecule has 1 aromatic carbocycles. The number of amidine groups is 1. The Morgan fingerprint density at radius 1 is 1.50 bits per heavy atom. The summed E-state index contributed by atoms with van der Waals surface area (Å²) < 4.78 is 13.8. The highest BCUT2D eigenvalue weighted by Gasteiger charge is 2.12. The summed E-state index contributed by atoms with van der Waals surface area (Å²) in [5.41, 5.74) is 0.733. The van der Waals surface area contributed by atoms with Gasteiger partial charge in [-0.3, -0.25) is 4.99 Å². The number of nitrogens with zero attached hydrogens (tertiary/aromatic N) is 1. The molecule has 1 aromatic rings. The van der Waals surface area contributed by atoms with E-state index in [0.29, 0.717) is 4.90 Å². The standard InChI is InChI=1S/C12H15FN2O2S/c13-10-5-8(12-14-3-4-15-12)1-2-11(10)18-7-9(17)6-16/h1-2,5,9,16-17H,3-4,6-7H2,(H,14,15). The number of hydrogen-bond acceptors (Lipinski definition) is 5. The van der Waals surface area contributed by atoms with Crippen molar-refractivity contribution >= 4 is 17.6 Å². The summed E-state index contributed by atoms with van der Waals surface area (Å²) >= 11 is 1.19. The van der Waals surface area contributed by atoms with Crippen molar-refractivity contribution in [2.45, 2.75) is 11.0 Å². The zero-order chi connectivity index (χ0) is 13.0. The maximum absolute atomic E-state index is 13.8. The molecule has 0 aromatic heterocycles. The van der Waals surface area contributed by atoms with Crippen LogP contribution in [0.2, 0.25) is 0 Å². The van der Waals surface area contributed by atoms with Gasteiger partial charge in [-0.2, -0.15) is 0 Å². The molecular formula is C12H15FN2O2S. The van der Waals surface area contributed by atoms with E-state index in [1.165, 1.54) is 17.8 Å². The van der Waals surface area contributed by atoms with Crippen molar-refractivity contribution < 1.29 is 14.6 Å². The highest BCUT2D eigenvalue weighted by Crippen LogP contribution is 2.23. The van der Waals surface area contributed by atoms with Gasteiger partial charge in [0.25, 0.3) is 0 Å². The van der Waals surface area contributed by atoms with E-state index in [0.717, 1.165) is 24.5 Å². The molecule has 1 atom stereocenters. The van der Waals surface area contributed by atoms with Crippen LogP contribution in [-0.4, -0.2) is 47.6 Å². The monoisotopic (exact) mass is 270 g/mol. The molecule has 0 radical (unpaired) electrons. The van der Waals surface area contributed by atoms with Crippen LogP contribution in [0.25, 0.3) is 0 Å². The SMILES string of the molecule is OCC(O)CSc1ccc(C2=NCCN2)cc1F. The van der Waals surface area contributed by atoms with Crippen molar-refractivity contribution in [3.63, 3.8) is 0 Å². The smallest absolute Gasteiger partial charge is 0.137 e. The summed E-state index contributed by atoms with van der Waals surface area (Å²) in [7, 11) is 0. The van der Waals surface area contributed by atoms with E-state index in [9.17, 15) is 9.50 Å². The number of aliphatic hydroxyl groups excluding tert-OH is 2. The molecule has 0 amide bonds. The number of rotatable bonds is 5. The lowest BCUT2D eigenvalue weighted by molar-refractivity contribution is 0.113. The van der Waals surface area contributed by atoms with E-state index in [4.69, 9.17) is 5.11 Å². The molecule has 1 heterocycles. The lowest BCUT2D eigenvalue weighted by Gasteiger charge is -2.09. The number of halogens is 1. The minimum Gasteiger partial charge on any atom is -0.394 e. The maximum atomic E-state index is 13.8. The van der Waals surface area contributed by atoms with E-state index in [-0.39, 0.29) is 18.2 Å². The minimum absolute atomic E-state index is 0.270. The van der Waals surface area contributed by atoms with E-state index in [1.807, 2.05) is 0 Å². The van der Waals surface area contributed by atoms with Gasteiger partial charge in [0.2, 0.25) is 0 Å². The van der Waals surface area contributed by atoms with Crippen molar-refractivity contribution in [1.29, 1.82) is 0 Å². The number of benzene rings is 1. The molecular weight excluding hydrogens is 255 g/mol. The fourth-order valence-electron chi connectivity index (χ4n) is 1.60. The molecule has 0 fully saturated rings. The molecule has 0 saturated carbocycles. The van der Waals surface area contributed by atoms with Crippen LogP contribution in [0, 0.1) is 5.82 Å². The predicted octanol–water partition coefficient (Wildman–Crippen LogP) is 0.621. The highest BCUT2D eigenvalue weighted by atomic mass is 32.2. The lowest BCUT2D eigenvalue weighted by Crippen LogP contribution is -2.19. The Labute approximate surface area is 109 Å². The van der Waals surface area contributed by atoms with Gasteiger partial charge < -0.3 is 15.5 Å². The molecule has 1 aliphatic heterocycles. The summed E-state index contributed by atoms with van der Waals surface area (Å²) in [5.74, 6) is 0.659. The van der Waals surface area contributed by atoms with Crippen LogP contribution in [0.15, 0.2) is 28.1 Å². The fraction of sp³-hybridized carbons (Fsp3) is 0.417. The predicted molar refractivity (Wildman–Crippen MR) is 69.6 cm³/mol. The van der Waals surface area contributed by atoms with Crippen LogP contribution in [0.3, 0.4) is 0 Å². The zero-order valence-electron chi connectivity index (χ0n) is 9.77. The molecule has 1 unspecified atom stereocenters. The van der Waals surface area contributed by atoms with Gasteiger partial charge in [-0.1, -0.05) is 0 Å². The third-order valence-corrected chi connectivity index (χ3v) is 3.71. The summed E-state index contributed by atoms with van der Waals surface area (Å²) in [6.45, 7) is 1.19. The van der Waals surface area contributed by atoms with Crippen molar-refractivity contribution in [2.75, 3.05) is 25.4 Å². The third-order valence-electron chi connectivity index (χ3n) is 2.52. The fourth-order valence-corrected chi connectivity index (χ4v) is 2.43. The van der Waals surface area contributed by atoms with Crippen LogP contribution < -0.4 is 5.32 Å². The first-order valence-corrected chi connectivity index (χ1v) is 6.69. The third kappa shape index (κ3) is 3.22. The molecule has 0 bridgehead atoms. The maximum Gasteiger partial charge on any atom is 0.137 e. The van der Waals surface area contributed by atoms with Gasteiger partial charge in [0.1, 0.15) is 11.7 Å². The number of nitrogens with one attached hydrogen (secondary N) is 1. The van der Waals surface area contributed by atoms with Gasteiger partial charge in [0.05, 0.1) is 19.3 Å². The van der Waals surface area contributed by atoms with Crippen molar-refractivity contribution in [3.05, 3.63) is 29.6 Å². The van der Waals surface area contributed by atoms with Crippen molar-refractivity contribution in [1.82, 2.24) is 5.32 Å². The van der Waals surface area contributed by atoms with Crippen LogP contribution >= 0.6 is 11.8 Å². The van der Waals surface area contributed by atoms with Gasteiger partial charge in [-0.25, -0.2) is 4.39 Å². The summed E-state index contributed by atoms with van der Waals surface area (Å²) in [4.78, 5) is 4.69. The molecule has 1 aliphatic rings. The molecule has 0 spiro atoms. The Morgan fingerprint density at radius 3 is 2.94 bits per heavy atom. The Hall–Kier alpha value is -1.11. The number of aliphatic hydroxyl groups is 2. The normalized spacial score (nSPS) is 16.3. The Kier molecular flexibility index (Phi) is 4.57. The topological polar surface area (TPSA) is 64.8 Å². The van der Waals surface area contributed by atoms with Crippen LogP contribution in [0.4, 0.5) is 4.39 Å². The summed E-state index contributed by atoms with van der Waals surface area (Å²) in [6, 6.07) is 4.90. The average Bonchev–Trinajstić information content (AvgIpc) is 2.90. The quantitative estimate of drug-likeness (QED) is 0.686. The Morgan fingerprint density at radius 2 is 2.33 bits per heavy atom. The van der Waals surface area contributed by atoms with E-state index >= 15 is 0 Å². The molecule has 3 N–H and O–H groups in total. The second kappa shape index (κ2) is 6.17. The largest absolute Gasteiger partial charge is 0.394 e. The first-order chi connectivity index (χ1) is 8.70. The second-order valence-corrected chi connectivity index (χ2v) is 5.01. The number of thioether (sulfide) groups is 1. The molecule has 98 valence electrons. The molecule has 0 aliphatic carbocycles. The molecule has 6 heteroatoms. The Bertz CT molecular complexity index is 454. The molecule has 0 saturated heterocycles. The first kappa shape index (κ1) is 13.3. The van der Waals surface area contributed by atoms with Gasteiger partial charge in [-0.05, 0) is 18.2 Å². The van der Waals surface area contributed by atoms with Crippen LogP contribution in [-0.2, 0) is 0 Å². The molecule has 4 nitrogen and oxygen atoms in total. The van der Waals surface area contributed by atoms with Gasteiger partial charge in [0, 0.05) is 22.8 Å². The van der Waals surface area contributed by atoms with Gasteiger partial charge in [-0.15, -0.1) is 11.8 Å². The molecule has 18 heavy (non-hydrogen) atoms. The highest BCUT2D eigenvalue weighted by molar-refractivity contribution is 7.99. The minimum atomic E-state index is -0.824. The zero-order valence-corrected chi connectivity index (χ0v) is 10.6. The van der Waals surface area contributed by atoms with Crippen LogP contribution in [0.5, 0.6) is 0 Å². The second-order valence-electron chi connectivity index (χ2n) is 3.95.